The van der Waals surface area contributed by atoms with Gasteiger partial charge in [0.2, 0.25) is 0 Å². The zero-order chi connectivity index (χ0) is 29.7. The summed E-state index contributed by atoms with van der Waals surface area (Å²) in [6, 6.07) is 8.18. The molecule has 0 heterocycles. The number of ether oxygens (including phenoxy) is 1. The molecule has 0 spiro atoms. The molecule has 38 heavy (non-hydrogen) atoms. The fourth-order valence-corrected chi connectivity index (χ4v) is 4.02. The topological polar surface area (TPSA) is 38.3 Å². The first-order valence-electron chi connectivity index (χ1n) is 13.3. The molecule has 1 amide bonds. The van der Waals surface area contributed by atoms with Crippen molar-refractivity contribution < 1.29 is 39.2 Å². The molecule has 0 aliphatic heterocycles. The Bertz CT molecular complexity index is 856. The third kappa shape index (κ3) is 18.5. The molecule has 0 saturated heterocycles. The second-order valence-electron chi connectivity index (χ2n) is 10.5. The van der Waals surface area contributed by atoms with Crippen LogP contribution in [0.2, 0.25) is 0 Å². The number of hydrogen-bond donors (Lipinski definition) is 1. The van der Waals surface area contributed by atoms with Gasteiger partial charge < -0.3 is 14.5 Å². The molecule has 0 atom stereocenters. The summed E-state index contributed by atoms with van der Waals surface area (Å²) in [6.45, 7) is 21.7. The van der Waals surface area contributed by atoms with Gasteiger partial charge in [0.25, 0.3) is 0 Å². The van der Waals surface area contributed by atoms with Gasteiger partial charge in [-0.15, -0.1) is 0 Å². The van der Waals surface area contributed by atoms with E-state index in [1.807, 2.05) is 39.0 Å². The number of carbonyl (C=O) groups excluding carboxylic acids is 1. The van der Waals surface area contributed by atoms with Crippen LogP contribution in [-0.4, -0.2) is 43.4 Å². The van der Waals surface area contributed by atoms with E-state index < -0.39 is 13.3 Å². The molecular weight excluding hydrogens is 529 g/mol. The van der Waals surface area contributed by atoms with Gasteiger partial charge in [0, 0.05) is 0 Å². The fraction of sp³-hybridized carbons (Fsp3) is 0.667. The minimum absolute atomic E-state index is 0.342. The van der Waals surface area contributed by atoms with Crippen molar-refractivity contribution in [1.82, 2.24) is 5.32 Å². The monoisotopic (exact) mass is 576 g/mol. The van der Waals surface area contributed by atoms with Crippen molar-refractivity contribution in [2.45, 2.75) is 85.6 Å². The molecule has 1 aromatic rings. The zero-order valence-electron chi connectivity index (χ0n) is 23.8. The van der Waals surface area contributed by atoms with E-state index in [2.05, 4.69) is 38.7 Å². The molecule has 0 unspecified atom stereocenters. The van der Waals surface area contributed by atoms with Gasteiger partial charge in [-0.1, -0.05) is 70.4 Å². The number of allylic oxidation sites excluding steroid dienone is 1. The average Bonchev–Trinajstić information content (AvgIpc) is 2.77. The number of rotatable bonds is 15. The Balaban J connectivity index is 0.00000171. The molecule has 1 N–H and O–H groups in total. The van der Waals surface area contributed by atoms with Crippen molar-refractivity contribution in [3.63, 3.8) is 0 Å². The van der Waals surface area contributed by atoms with E-state index >= 15 is 0 Å². The zero-order valence-corrected chi connectivity index (χ0v) is 24.7. The van der Waals surface area contributed by atoms with E-state index in [-0.39, 0.29) is 6.09 Å². The number of quaternary nitrogens is 1. The van der Waals surface area contributed by atoms with Gasteiger partial charge in [-0.3, -0.25) is 0 Å². The number of amides is 1. The van der Waals surface area contributed by atoms with Crippen LogP contribution in [0, 0.1) is 0 Å². The van der Waals surface area contributed by atoms with Crippen LogP contribution in [-0.2, 0) is 10.3 Å². The van der Waals surface area contributed by atoms with Crippen LogP contribution in [0.4, 0.5) is 30.0 Å². The summed E-state index contributed by atoms with van der Waals surface area (Å²) < 4.78 is 66.0. The SMILES string of the molecule is C=C(C)c1cccc(C(C)(C)NC(=O)OCC[N+](CCCC)(CCCC)CCCC)c1.F[P-](F)(F)(F)(F)F. The Hall–Kier alpha value is -1.80. The summed E-state index contributed by atoms with van der Waals surface area (Å²) in [6.07, 6.45) is 6.96. The first-order valence-corrected chi connectivity index (χ1v) is 15.3. The summed E-state index contributed by atoms with van der Waals surface area (Å²) in [5, 5.41) is 3.06. The molecular formula is C27H47F6N2O2P. The van der Waals surface area contributed by atoms with Crippen LogP contribution in [0.3, 0.4) is 0 Å². The summed E-state index contributed by atoms with van der Waals surface area (Å²) in [5.74, 6) is 0. The van der Waals surface area contributed by atoms with Gasteiger partial charge in [-0.25, -0.2) is 4.79 Å². The molecule has 4 nitrogen and oxygen atoms in total. The summed E-state index contributed by atoms with van der Waals surface area (Å²) >= 11 is 0. The van der Waals surface area contributed by atoms with Gasteiger partial charge in [-0.05, 0) is 57.2 Å². The Morgan fingerprint density at radius 2 is 1.37 bits per heavy atom. The minimum atomic E-state index is -10.7. The quantitative estimate of drug-likeness (QED) is 0.128. The van der Waals surface area contributed by atoms with E-state index in [1.165, 1.54) is 58.2 Å². The van der Waals surface area contributed by atoms with E-state index in [0.717, 1.165) is 27.7 Å². The molecule has 11 heteroatoms. The van der Waals surface area contributed by atoms with Crippen molar-refractivity contribution in [2.75, 3.05) is 32.8 Å². The molecule has 0 saturated carbocycles. The maximum absolute atomic E-state index is 12.6. The molecule has 224 valence electrons. The van der Waals surface area contributed by atoms with E-state index in [0.29, 0.717) is 6.61 Å². The summed E-state index contributed by atoms with van der Waals surface area (Å²) in [5.41, 5.74) is 2.64. The normalized spacial score (nSPS) is 14.0. The number of unbranched alkanes of at least 4 members (excludes halogenated alkanes) is 3. The number of carbonyl (C=O) groups is 1. The van der Waals surface area contributed by atoms with Crippen LogP contribution in [0.15, 0.2) is 30.8 Å². The number of alkyl carbamates (subject to hydrolysis) is 1. The molecule has 0 aliphatic rings. The maximum atomic E-state index is 12.6. The van der Waals surface area contributed by atoms with E-state index in [1.54, 1.807) is 0 Å². The van der Waals surface area contributed by atoms with Crippen LogP contribution >= 0.6 is 7.81 Å². The van der Waals surface area contributed by atoms with Crippen LogP contribution in [0.1, 0.15) is 91.2 Å². The van der Waals surface area contributed by atoms with Crippen molar-refractivity contribution in [1.29, 1.82) is 0 Å². The van der Waals surface area contributed by atoms with Gasteiger partial charge in [0.1, 0.15) is 13.2 Å². The molecule has 1 rings (SSSR count). The van der Waals surface area contributed by atoms with Crippen LogP contribution < -0.4 is 5.32 Å². The Labute approximate surface area is 224 Å². The number of benzene rings is 1. The van der Waals surface area contributed by atoms with Gasteiger partial charge in [-0.2, -0.15) is 0 Å². The number of nitrogens with one attached hydrogen (secondary N) is 1. The molecule has 0 bridgehead atoms. The fourth-order valence-electron chi connectivity index (χ4n) is 4.02. The summed E-state index contributed by atoms with van der Waals surface area (Å²) in [4.78, 5) is 12.6. The van der Waals surface area contributed by atoms with Gasteiger partial charge >= 0.3 is 39.1 Å². The van der Waals surface area contributed by atoms with Crippen molar-refractivity contribution in [3.8, 4) is 0 Å². The van der Waals surface area contributed by atoms with Crippen molar-refractivity contribution in [2.24, 2.45) is 0 Å². The third-order valence-corrected chi connectivity index (χ3v) is 6.25. The molecule has 0 radical (unpaired) electrons. The Morgan fingerprint density at radius 3 is 1.76 bits per heavy atom. The predicted octanol–water partition coefficient (Wildman–Crippen LogP) is 10.3. The Morgan fingerprint density at radius 1 is 0.921 bits per heavy atom. The molecule has 0 fully saturated rings. The number of halogens is 6. The van der Waals surface area contributed by atoms with E-state index in [9.17, 15) is 30.0 Å². The molecule has 0 aromatic heterocycles. The Kier molecular flexibility index (Phi) is 13.4. The van der Waals surface area contributed by atoms with Gasteiger partial charge in [0.15, 0.2) is 0 Å². The van der Waals surface area contributed by atoms with E-state index in [4.69, 9.17) is 4.74 Å². The van der Waals surface area contributed by atoms with Crippen molar-refractivity contribution >= 4 is 19.5 Å². The second-order valence-corrected chi connectivity index (χ2v) is 12.4. The second kappa shape index (κ2) is 14.0. The standard InChI is InChI=1S/C27H46N2O2.F6P/c1-8-11-17-29(18-12-9-2,19-13-10-3)20-21-31-26(30)28-27(6,7)25-16-14-15-24(22-25)23(4)5;1-7(2,3,4,5)6/h14-16,22H,4,8-13,17-21H2,1-3,5-7H3;/q;-1/p+1. The molecule has 1 aromatic carbocycles. The third-order valence-electron chi connectivity index (χ3n) is 6.25. The van der Waals surface area contributed by atoms with Gasteiger partial charge in [0.05, 0.1) is 25.2 Å². The average molecular weight is 577 g/mol. The first kappa shape index (κ1) is 36.2. The number of nitrogens with zero attached hydrogens (tertiary/aromatic N) is 1. The summed E-state index contributed by atoms with van der Waals surface area (Å²) in [7, 11) is -10.7. The first-order chi connectivity index (χ1) is 17.1. The molecule has 0 aliphatic carbocycles. The van der Waals surface area contributed by atoms with Crippen molar-refractivity contribution in [3.05, 3.63) is 42.0 Å². The van der Waals surface area contributed by atoms with Crippen LogP contribution in [0.25, 0.3) is 5.57 Å². The van der Waals surface area contributed by atoms with Crippen LogP contribution in [0.5, 0.6) is 0 Å². The predicted molar refractivity (Wildman–Crippen MR) is 147 cm³/mol. The number of hydrogen-bond acceptors (Lipinski definition) is 2.